The Labute approximate surface area is 217 Å². The number of thioether (sulfide) groups is 1. The third-order valence-electron chi connectivity index (χ3n) is 5.96. The highest BCUT2D eigenvalue weighted by Gasteiger charge is 2.37. The second-order valence-corrected chi connectivity index (χ2v) is 9.98. The van der Waals surface area contributed by atoms with Gasteiger partial charge in [0.1, 0.15) is 11.4 Å². The number of nitrogens with zero attached hydrogens (tertiary/aromatic N) is 5. The van der Waals surface area contributed by atoms with E-state index in [1.54, 1.807) is 40.2 Å². The summed E-state index contributed by atoms with van der Waals surface area (Å²) in [6, 6.07) is 8.27. The highest BCUT2D eigenvalue weighted by Crippen LogP contribution is 2.26. The first-order valence-electron chi connectivity index (χ1n) is 11.6. The lowest BCUT2D eigenvalue weighted by Crippen LogP contribution is -2.44. The maximum absolute atomic E-state index is 13.1. The molecule has 0 radical (unpaired) electrons. The number of hydrogen-bond acceptors (Lipinski definition) is 8. The minimum Gasteiger partial charge on any atom is -0.492 e. The number of likely N-dealkylation sites (tertiary alicyclic amines) is 1. The molecule has 1 aromatic carbocycles. The summed E-state index contributed by atoms with van der Waals surface area (Å²) in [5, 5.41) is 11.8. The molecule has 0 aliphatic carbocycles. The van der Waals surface area contributed by atoms with Crippen LogP contribution in [0.25, 0.3) is 0 Å². The summed E-state index contributed by atoms with van der Waals surface area (Å²) >= 11 is 7.73. The number of benzene rings is 1. The van der Waals surface area contributed by atoms with Gasteiger partial charge in [-0.25, -0.2) is 0 Å². The Morgan fingerprint density at radius 1 is 1.22 bits per heavy atom. The van der Waals surface area contributed by atoms with E-state index in [1.165, 1.54) is 11.8 Å². The number of hydrogen-bond donors (Lipinski definition) is 1. The lowest BCUT2D eigenvalue weighted by molar-refractivity contribution is -0.127. The third kappa shape index (κ3) is 5.97. The van der Waals surface area contributed by atoms with Crippen molar-refractivity contribution in [2.45, 2.75) is 36.6 Å². The zero-order valence-corrected chi connectivity index (χ0v) is 21.0. The number of pyridine rings is 1. The fourth-order valence-corrected chi connectivity index (χ4v) is 5.04. The molecule has 0 saturated carbocycles. The van der Waals surface area contributed by atoms with Crippen LogP contribution in [0.1, 0.15) is 22.5 Å². The van der Waals surface area contributed by atoms with Gasteiger partial charge in [-0.05, 0) is 30.3 Å². The molecule has 0 unspecified atom stereocenters. The summed E-state index contributed by atoms with van der Waals surface area (Å²) in [4.78, 5) is 32.8. The summed E-state index contributed by atoms with van der Waals surface area (Å²) < 4.78 is 13.7. The summed E-state index contributed by atoms with van der Waals surface area (Å²) in [7, 11) is 0. The third-order valence-corrected chi connectivity index (χ3v) is 7.27. The van der Waals surface area contributed by atoms with Crippen LogP contribution in [0.3, 0.4) is 0 Å². The molecule has 2 aliphatic heterocycles. The van der Waals surface area contributed by atoms with Crippen LogP contribution >= 0.6 is 23.4 Å². The minimum atomic E-state index is -0.398. The number of amides is 2. The van der Waals surface area contributed by atoms with Crippen LogP contribution in [0.15, 0.2) is 53.8 Å². The van der Waals surface area contributed by atoms with Gasteiger partial charge in [-0.15, -0.1) is 16.9 Å². The summed E-state index contributed by atoms with van der Waals surface area (Å²) in [5.74, 6) is 0.415. The Morgan fingerprint density at radius 2 is 2.08 bits per heavy atom. The van der Waals surface area contributed by atoms with E-state index in [0.717, 1.165) is 4.90 Å². The lowest BCUT2D eigenvalue weighted by atomic mass is 10.1. The molecule has 12 heteroatoms. The molecular weight excluding hydrogens is 504 g/mol. The maximum atomic E-state index is 13.1. The molecule has 10 nitrogen and oxygen atoms in total. The summed E-state index contributed by atoms with van der Waals surface area (Å²) in [6.07, 6.45) is 5.52. The van der Waals surface area contributed by atoms with E-state index in [9.17, 15) is 9.59 Å². The van der Waals surface area contributed by atoms with Gasteiger partial charge in [-0.3, -0.25) is 19.3 Å². The largest absolute Gasteiger partial charge is 0.492 e. The number of aryl methyl sites for hydroxylation is 1. The molecule has 188 valence electrons. The smallest absolute Gasteiger partial charge is 0.251 e. The number of rotatable bonds is 3. The van der Waals surface area contributed by atoms with Gasteiger partial charge in [0.2, 0.25) is 5.91 Å². The van der Waals surface area contributed by atoms with Crippen molar-refractivity contribution in [1.82, 2.24) is 30.2 Å². The summed E-state index contributed by atoms with van der Waals surface area (Å²) in [5.41, 5.74) is 1.11. The molecule has 4 bridgehead atoms. The fourth-order valence-electron chi connectivity index (χ4n) is 4.08. The number of halogens is 1. The number of nitrogens with one attached hydrogen (secondary N) is 1. The zero-order chi connectivity index (χ0) is 24.9. The number of aromatic nitrogens is 4. The quantitative estimate of drug-likeness (QED) is 0.516. The average Bonchev–Trinajstić information content (AvgIpc) is 3.51. The van der Waals surface area contributed by atoms with Gasteiger partial charge in [0.25, 0.3) is 5.91 Å². The van der Waals surface area contributed by atoms with Gasteiger partial charge >= 0.3 is 0 Å². The first-order valence-corrected chi connectivity index (χ1v) is 13.0. The van der Waals surface area contributed by atoms with Crippen molar-refractivity contribution in [2.24, 2.45) is 0 Å². The summed E-state index contributed by atoms with van der Waals surface area (Å²) in [6.45, 7) is 1.97. The highest BCUT2D eigenvalue weighted by molar-refractivity contribution is 8.00. The highest BCUT2D eigenvalue weighted by atomic mass is 35.5. The van der Waals surface area contributed by atoms with E-state index in [1.807, 2.05) is 18.3 Å². The number of carbonyl (C=O) groups is 2. The molecule has 2 aromatic heterocycles. The minimum absolute atomic E-state index is 0.0267. The molecule has 1 saturated heterocycles. The Bertz CT molecular complexity index is 1230. The Balaban J connectivity index is 1.33. The van der Waals surface area contributed by atoms with Crippen molar-refractivity contribution in [3.8, 4) is 5.75 Å². The second kappa shape index (κ2) is 11.3. The topological polar surface area (TPSA) is 111 Å². The van der Waals surface area contributed by atoms with E-state index >= 15 is 0 Å². The van der Waals surface area contributed by atoms with Crippen LogP contribution in [0.5, 0.6) is 5.75 Å². The predicted octanol–water partition coefficient (Wildman–Crippen LogP) is 2.43. The van der Waals surface area contributed by atoms with Gasteiger partial charge in [0, 0.05) is 48.9 Å². The molecule has 36 heavy (non-hydrogen) atoms. The number of ether oxygens (including phenoxy) is 2. The molecular formula is C24H25ClN6O4S. The molecule has 2 aliphatic rings. The van der Waals surface area contributed by atoms with E-state index in [-0.39, 0.29) is 24.2 Å². The fraction of sp³-hybridized carbons (Fsp3) is 0.375. The van der Waals surface area contributed by atoms with Gasteiger partial charge in [0.05, 0.1) is 42.3 Å². The van der Waals surface area contributed by atoms with Gasteiger partial charge in [-0.1, -0.05) is 16.8 Å². The molecule has 2 amide bonds. The van der Waals surface area contributed by atoms with Crippen LogP contribution in [0.2, 0.25) is 5.02 Å². The van der Waals surface area contributed by atoms with Crippen molar-refractivity contribution in [2.75, 3.05) is 25.4 Å². The van der Waals surface area contributed by atoms with Gasteiger partial charge < -0.3 is 19.7 Å². The van der Waals surface area contributed by atoms with Gasteiger partial charge in [-0.2, -0.15) is 0 Å². The van der Waals surface area contributed by atoms with Crippen LogP contribution in [-0.2, 0) is 22.7 Å². The number of fused-ring (bicyclic) bond motifs is 5. The Kier molecular flexibility index (Phi) is 7.69. The predicted molar refractivity (Wildman–Crippen MR) is 133 cm³/mol. The van der Waals surface area contributed by atoms with Crippen molar-refractivity contribution in [1.29, 1.82) is 0 Å². The molecule has 4 heterocycles. The monoisotopic (exact) mass is 528 g/mol. The van der Waals surface area contributed by atoms with Crippen molar-refractivity contribution in [3.63, 3.8) is 0 Å². The maximum Gasteiger partial charge on any atom is 0.251 e. The first kappa shape index (κ1) is 24.5. The van der Waals surface area contributed by atoms with E-state index < -0.39 is 12.1 Å². The average molecular weight is 529 g/mol. The van der Waals surface area contributed by atoms with Crippen LogP contribution < -0.4 is 10.1 Å². The lowest BCUT2D eigenvalue weighted by Gasteiger charge is -2.20. The van der Waals surface area contributed by atoms with Crippen LogP contribution in [0.4, 0.5) is 0 Å². The van der Waals surface area contributed by atoms with Crippen molar-refractivity contribution in [3.05, 3.63) is 65.2 Å². The van der Waals surface area contributed by atoms with Crippen LogP contribution in [-0.4, -0.2) is 74.3 Å². The first-order chi connectivity index (χ1) is 17.5. The SMILES string of the molecule is O=C1N[C@H]2CN(C(=O)CSc3ccncc3)C[C@@H]2OCc2cn(nn2)CCCOc2cc1ccc2Cl. The number of carbonyl (C=O) groups excluding carboxylic acids is 2. The van der Waals surface area contributed by atoms with E-state index in [0.29, 0.717) is 54.7 Å². The van der Waals surface area contributed by atoms with E-state index in [2.05, 4.69) is 20.6 Å². The Hall–Kier alpha value is -3.15. The van der Waals surface area contributed by atoms with Crippen molar-refractivity contribution < 1.29 is 19.1 Å². The molecule has 1 N–H and O–H groups in total. The molecule has 0 spiro atoms. The molecule has 5 rings (SSSR count). The van der Waals surface area contributed by atoms with Crippen LogP contribution in [0, 0.1) is 0 Å². The zero-order valence-electron chi connectivity index (χ0n) is 19.4. The standard InChI is InChI=1S/C24H25ClN6O4S/c25-19-3-2-16-10-21(19)34-9-1-8-31-11-17(28-29-31)14-35-22-13-30(12-20(22)27-24(16)33)23(32)15-36-18-4-6-26-7-5-18/h2-7,10-11,20,22H,1,8-9,12-15H2,(H,27,33)/t20-,22-/m0/s1. The Morgan fingerprint density at radius 3 is 2.94 bits per heavy atom. The molecule has 1 fully saturated rings. The van der Waals surface area contributed by atoms with Gasteiger partial charge in [0.15, 0.2) is 0 Å². The van der Waals surface area contributed by atoms with Crippen molar-refractivity contribution >= 4 is 35.2 Å². The normalized spacial score (nSPS) is 20.4. The molecule has 3 aromatic rings. The van der Waals surface area contributed by atoms with E-state index in [4.69, 9.17) is 21.1 Å². The second-order valence-electron chi connectivity index (χ2n) is 8.52. The molecule has 2 atom stereocenters.